The summed E-state index contributed by atoms with van der Waals surface area (Å²) >= 11 is 0. The van der Waals surface area contributed by atoms with Gasteiger partial charge in [-0.3, -0.25) is 14.0 Å². The first-order chi connectivity index (χ1) is 17.6. The predicted octanol–water partition coefficient (Wildman–Crippen LogP) is 3.59. The van der Waals surface area contributed by atoms with E-state index in [9.17, 15) is 14.0 Å². The number of methoxy groups -OCH3 is 1. The molecule has 0 aliphatic carbocycles. The van der Waals surface area contributed by atoms with Crippen molar-refractivity contribution < 1.29 is 13.9 Å². The zero-order valence-electron chi connectivity index (χ0n) is 19.9. The van der Waals surface area contributed by atoms with E-state index in [-0.39, 0.29) is 17.2 Å². The molecule has 1 aliphatic heterocycles. The van der Waals surface area contributed by atoms with Crippen LogP contribution < -0.4 is 25.4 Å². The van der Waals surface area contributed by atoms with Gasteiger partial charge in [-0.05, 0) is 54.1 Å². The Bertz CT molecular complexity index is 1430. The van der Waals surface area contributed by atoms with E-state index in [1.165, 1.54) is 23.6 Å². The maximum atomic E-state index is 13.2. The highest BCUT2D eigenvalue weighted by molar-refractivity contribution is 5.83. The van der Waals surface area contributed by atoms with Crippen molar-refractivity contribution in [2.75, 3.05) is 48.4 Å². The van der Waals surface area contributed by atoms with E-state index in [0.29, 0.717) is 24.2 Å². The molecule has 1 aliphatic rings. The summed E-state index contributed by atoms with van der Waals surface area (Å²) < 4.78 is 19.8. The van der Waals surface area contributed by atoms with E-state index in [2.05, 4.69) is 32.2 Å². The molecular formula is C27H26FN5O3. The van der Waals surface area contributed by atoms with Crippen LogP contribution in [-0.4, -0.2) is 49.0 Å². The molecule has 8 nitrogen and oxygen atoms in total. The van der Waals surface area contributed by atoms with Crippen molar-refractivity contribution >= 4 is 29.1 Å². The monoisotopic (exact) mass is 487 g/mol. The molecule has 0 unspecified atom stereocenters. The molecule has 3 heterocycles. The second-order valence-electron chi connectivity index (χ2n) is 8.54. The molecule has 0 radical (unpaired) electrons. The zero-order valence-corrected chi connectivity index (χ0v) is 19.9. The van der Waals surface area contributed by atoms with Crippen molar-refractivity contribution in [3.05, 3.63) is 94.2 Å². The number of nitrogens with one attached hydrogen (secondary N) is 1. The highest BCUT2D eigenvalue weighted by atomic mass is 19.1. The summed E-state index contributed by atoms with van der Waals surface area (Å²) in [5.41, 5.74) is 3.00. The molecule has 0 saturated carbocycles. The Morgan fingerprint density at radius 1 is 0.972 bits per heavy atom. The number of piperazine rings is 1. The molecule has 1 saturated heterocycles. The van der Waals surface area contributed by atoms with Gasteiger partial charge in [0.15, 0.2) is 17.7 Å². The smallest absolute Gasteiger partial charge is 0.270 e. The molecule has 36 heavy (non-hydrogen) atoms. The van der Waals surface area contributed by atoms with Crippen LogP contribution in [0.15, 0.2) is 71.7 Å². The third-order valence-electron chi connectivity index (χ3n) is 6.42. The number of anilines is 3. The first-order valence-corrected chi connectivity index (χ1v) is 11.7. The van der Waals surface area contributed by atoms with E-state index in [0.717, 1.165) is 43.1 Å². The largest absolute Gasteiger partial charge is 0.493 e. The number of aromatic nitrogens is 2. The van der Waals surface area contributed by atoms with Crippen molar-refractivity contribution in [3.8, 4) is 5.75 Å². The van der Waals surface area contributed by atoms with Crippen LogP contribution in [-0.2, 0) is 6.54 Å². The highest BCUT2D eigenvalue weighted by Gasteiger charge is 2.18. The minimum absolute atomic E-state index is 0.0311. The van der Waals surface area contributed by atoms with Crippen LogP contribution in [0.5, 0.6) is 5.75 Å². The van der Waals surface area contributed by atoms with E-state index in [4.69, 9.17) is 4.74 Å². The number of rotatable bonds is 7. The maximum absolute atomic E-state index is 13.2. The quantitative estimate of drug-likeness (QED) is 0.399. The minimum atomic E-state index is -0.452. The Balaban J connectivity index is 1.26. The van der Waals surface area contributed by atoms with Gasteiger partial charge in [0.2, 0.25) is 0 Å². The molecule has 9 heteroatoms. The molecule has 5 rings (SSSR count). The molecule has 184 valence electrons. The van der Waals surface area contributed by atoms with Gasteiger partial charge in [-0.1, -0.05) is 12.1 Å². The normalized spacial score (nSPS) is 13.6. The summed E-state index contributed by atoms with van der Waals surface area (Å²) in [5.74, 6) is 0.442. The van der Waals surface area contributed by atoms with E-state index >= 15 is 0 Å². The third kappa shape index (κ3) is 4.59. The lowest BCUT2D eigenvalue weighted by Crippen LogP contribution is -2.46. The number of hydrogen-bond acceptors (Lipinski definition) is 7. The summed E-state index contributed by atoms with van der Waals surface area (Å²) in [4.78, 5) is 33.5. The van der Waals surface area contributed by atoms with Crippen LogP contribution in [0, 0.1) is 5.82 Å². The highest BCUT2D eigenvalue weighted by Crippen LogP contribution is 2.22. The van der Waals surface area contributed by atoms with E-state index in [1.54, 1.807) is 18.3 Å². The lowest BCUT2D eigenvalue weighted by molar-refractivity contribution is 0.112. The number of fused-ring (bicyclic) bond motifs is 1. The molecule has 4 aromatic rings. The first kappa shape index (κ1) is 23.3. The molecule has 0 atom stereocenters. The Morgan fingerprint density at radius 3 is 2.17 bits per heavy atom. The van der Waals surface area contributed by atoms with Crippen LogP contribution in [0.2, 0.25) is 0 Å². The van der Waals surface area contributed by atoms with Crippen molar-refractivity contribution in [2.45, 2.75) is 6.54 Å². The van der Waals surface area contributed by atoms with Gasteiger partial charge in [0.25, 0.3) is 5.56 Å². The van der Waals surface area contributed by atoms with Crippen LogP contribution in [0.25, 0.3) is 5.65 Å². The summed E-state index contributed by atoms with van der Waals surface area (Å²) in [5, 5.41) is 3.13. The first-order valence-electron chi connectivity index (χ1n) is 11.7. The van der Waals surface area contributed by atoms with Crippen LogP contribution in [0.3, 0.4) is 0 Å². The van der Waals surface area contributed by atoms with Gasteiger partial charge in [0.05, 0.1) is 7.11 Å². The number of carbonyl (C=O) groups is 1. The Labute approximate surface area is 207 Å². The average Bonchev–Trinajstić information content (AvgIpc) is 2.92. The number of benzene rings is 2. The van der Waals surface area contributed by atoms with Gasteiger partial charge < -0.3 is 19.9 Å². The van der Waals surface area contributed by atoms with Crippen LogP contribution >= 0.6 is 0 Å². The SMILES string of the molecule is COc1cccn2c(=O)c(C=O)c(NCc3ccc(N4CCN(c5ccc(F)cc5)CC4)cc3)nc12. The molecule has 2 aromatic carbocycles. The van der Waals surface area contributed by atoms with Gasteiger partial charge >= 0.3 is 0 Å². The van der Waals surface area contributed by atoms with Gasteiger partial charge in [-0.25, -0.2) is 9.37 Å². The van der Waals surface area contributed by atoms with Crippen molar-refractivity contribution in [1.82, 2.24) is 9.38 Å². The van der Waals surface area contributed by atoms with Crippen molar-refractivity contribution in [1.29, 1.82) is 0 Å². The van der Waals surface area contributed by atoms with Crippen LogP contribution in [0.1, 0.15) is 15.9 Å². The topological polar surface area (TPSA) is 79.2 Å². The Hall–Kier alpha value is -4.40. The summed E-state index contributed by atoms with van der Waals surface area (Å²) in [6.07, 6.45) is 2.08. The number of ether oxygens (including phenoxy) is 1. The van der Waals surface area contributed by atoms with Gasteiger partial charge in [-0.2, -0.15) is 0 Å². The Kier molecular flexibility index (Phi) is 6.53. The zero-order chi connectivity index (χ0) is 25.1. The summed E-state index contributed by atoms with van der Waals surface area (Å²) in [6.45, 7) is 3.85. The molecule has 1 fully saturated rings. The number of pyridine rings is 1. The number of nitrogens with zero attached hydrogens (tertiary/aromatic N) is 4. The average molecular weight is 488 g/mol. The molecule has 0 spiro atoms. The van der Waals surface area contributed by atoms with E-state index < -0.39 is 5.56 Å². The minimum Gasteiger partial charge on any atom is -0.493 e. The fraction of sp³-hybridized carbons (Fsp3) is 0.222. The molecule has 1 N–H and O–H groups in total. The lowest BCUT2D eigenvalue weighted by atomic mass is 10.1. The molecule has 2 aromatic heterocycles. The van der Waals surface area contributed by atoms with Crippen LogP contribution in [0.4, 0.5) is 21.6 Å². The fourth-order valence-electron chi connectivity index (χ4n) is 4.44. The number of halogens is 1. The molecule has 0 bridgehead atoms. The Morgan fingerprint density at radius 2 is 1.58 bits per heavy atom. The van der Waals surface area contributed by atoms with Crippen molar-refractivity contribution in [3.63, 3.8) is 0 Å². The number of aldehydes is 1. The fourth-order valence-corrected chi connectivity index (χ4v) is 4.44. The summed E-state index contributed by atoms with van der Waals surface area (Å²) in [7, 11) is 1.51. The second-order valence-corrected chi connectivity index (χ2v) is 8.54. The summed E-state index contributed by atoms with van der Waals surface area (Å²) in [6, 6.07) is 18.2. The number of hydrogen-bond donors (Lipinski definition) is 1. The van der Waals surface area contributed by atoms with E-state index in [1.807, 2.05) is 24.3 Å². The number of carbonyl (C=O) groups excluding carboxylic acids is 1. The third-order valence-corrected chi connectivity index (χ3v) is 6.42. The lowest BCUT2D eigenvalue weighted by Gasteiger charge is -2.37. The molecule has 0 amide bonds. The standard InChI is InChI=1S/C27H26FN5O3/c1-36-24-3-2-12-33-26(24)30-25(23(18-34)27(33)35)29-17-19-4-8-21(9-5-19)31-13-15-32(16-14-31)22-10-6-20(28)7-11-22/h2-12,18,29H,13-17H2,1H3. The second kappa shape index (κ2) is 10.1. The van der Waals surface area contributed by atoms with Gasteiger partial charge in [0, 0.05) is 50.3 Å². The predicted molar refractivity (Wildman–Crippen MR) is 138 cm³/mol. The van der Waals surface area contributed by atoms with Gasteiger partial charge in [-0.15, -0.1) is 0 Å². The maximum Gasteiger partial charge on any atom is 0.270 e. The van der Waals surface area contributed by atoms with Crippen molar-refractivity contribution in [2.24, 2.45) is 0 Å². The van der Waals surface area contributed by atoms with Gasteiger partial charge in [0.1, 0.15) is 17.2 Å². The molecular weight excluding hydrogens is 461 g/mol.